The first-order valence-electron chi connectivity index (χ1n) is 6.83. The largest absolute Gasteiger partial charge is 0.341 e. The molecule has 3 nitrogen and oxygen atoms in total. The summed E-state index contributed by atoms with van der Waals surface area (Å²) in [5.74, 6) is 0.251. The second kappa shape index (κ2) is 6.55. The second-order valence-corrected chi connectivity index (χ2v) is 4.94. The Morgan fingerprint density at radius 2 is 1.94 bits per heavy atom. The van der Waals surface area contributed by atoms with Gasteiger partial charge in [0.15, 0.2) is 0 Å². The standard InChI is InChI=1S/C15H22N2O/c1-13(15(18)17-11-5-6-12-17)16-10-9-14-7-3-2-4-8-14/h2-4,7-8,13,16H,5-6,9-12H2,1H3. The SMILES string of the molecule is CC(NCCc1ccccc1)C(=O)N1CCCC1. The fourth-order valence-electron chi connectivity index (χ4n) is 2.38. The molecule has 1 saturated heterocycles. The van der Waals surface area contributed by atoms with Crippen LogP contribution in [0.1, 0.15) is 25.3 Å². The monoisotopic (exact) mass is 246 g/mol. The van der Waals surface area contributed by atoms with Gasteiger partial charge < -0.3 is 10.2 Å². The van der Waals surface area contributed by atoms with E-state index in [0.29, 0.717) is 0 Å². The highest BCUT2D eigenvalue weighted by molar-refractivity contribution is 5.81. The van der Waals surface area contributed by atoms with Gasteiger partial charge in [-0.05, 0) is 38.3 Å². The Morgan fingerprint density at radius 1 is 1.28 bits per heavy atom. The molecule has 0 spiro atoms. The normalized spacial score (nSPS) is 16.8. The van der Waals surface area contributed by atoms with Gasteiger partial charge in [-0.1, -0.05) is 30.3 Å². The van der Waals surface area contributed by atoms with Crippen molar-refractivity contribution in [3.8, 4) is 0 Å². The molecule has 0 bridgehead atoms. The molecular weight excluding hydrogens is 224 g/mol. The first-order valence-corrected chi connectivity index (χ1v) is 6.83. The Labute approximate surface area is 109 Å². The van der Waals surface area contributed by atoms with Gasteiger partial charge in [-0.3, -0.25) is 4.79 Å². The maximum atomic E-state index is 12.1. The number of hydrogen-bond donors (Lipinski definition) is 1. The molecule has 2 rings (SSSR count). The fraction of sp³-hybridized carbons (Fsp3) is 0.533. The van der Waals surface area contributed by atoms with E-state index < -0.39 is 0 Å². The summed E-state index contributed by atoms with van der Waals surface area (Å²) in [6, 6.07) is 10.3. The van der Waals surface area contributed by atoms with Crippen LogP contribution in [0.3, 0.4) is 0 Å². The van der Waals surface area contributed by atoms with Crippen LogP contribution < -0.4 is 5.32 Å². The summed E-state index contributed by atoms with van der Waals surface area (Å²) in [5.41, 5.74) is 1.31. The van der Waals surface area contributed by atoms with Crippen LogP contribution in [0.15, 0.2) is 30.3 Å². The van der Waals surface area contributed by atoms with E-state index in [1.165, 1.54) is 5.56 Å². The summed E-state index contributed by atoms with van der Waals surface area (Å²) in [6.07, 6.45) is 3.28. The van der Waals surface area contributed by atoms with E-state index in [9.17, 15) is 4.79 Å². The first-order chi connectivity index (χ1) is 8.77. The van der Waals surface area contributed by atoms with E-state index in [1.54, 1.807) is 0 Å². The number of rotatable bonds is 5. The van der Waals surface area contributed by atoms with Crippen LogP contribution in [0.4, 0.5) is 0 Å². The van der Waals surface area contributed by atoms with Crippen LogP contribution in [0.2, 0.25) is 0 Å². The van der Waals surface area contributed by atoms with Crippen molar-refractivity contribution in [2.75, 3.05) is 19.6 Å². The van der Waals surface area contributed by atoms with Gasteiger partial charge in [-0.25, -0.2) is 0 Å². The Balaban J connectivity index is 1.71. The lowest BCUT2D eigenvalue weighted by Crippen LogP contribution is -2.44. The molecule has 0 aromatic heterocycles. The lowest BCUT2D eigenvalue weighted by molar-refractivity contribution is -0.131. The van der Waals surface area contributed by atoms with Crippen molar-refractivity contribution in [1.29, 1.82) is 0 Å². The Kier molecular flexibility index (Phi) is 4.76. The van der Waals surface area contributed by atoms with Crippen molar-refractivity contribution in [3.05, 3.63) is 35.9 Å². The van der Waals surface area contributed by atoms with Gasteiger partial charge in [-0.15, -0.1) is 0 Å². The number of benzene rings is 1. The third-order valence-electron chi connectivity index (χ3n) is 3.50. The van der Waals surface area contributed by atoms with Crippen molar-refractivity contribution in [2.24, 2.45) is 0 Å². The van der Waals surface area contributed by atoms with E-state index >= 15 is 0 Å². The first kappa shape index (κ1) is 13.1. The number of carbonyl (C=O) groups is 1. The summed E-state index contributed by atoms with van der Waals surface area (Å²) < 4.78 is 0. The van der Waals surface area contributed by atoms with Gasteiger partial charge >= 0.3 is 0 Å². The minimum Gasteiger partial charge on any atom is -0.341 e. The minimum atomic E-state index is -0.0631. The molecule has 1 N–H and O–H groups in total. The number of likely N-dealkylation sites (tertiary alicyclic amines) is 1. The molecule has 1 heterocycles. The van der Waals surface area contributed by atoms with E-state index in [2.05, 4.69) is 17.4 Å². The molecule has 1 fully saturated rings. The van der Waals surface area contributed by atoms with Crippen molar-refractivity contribution in [3.63, 3.8) is 0 Å². The zero-order valence-corrected chi connectivity index (χ0v) is 11.1. The quantitative estimate of drug-likeness (QED) is 0.859. The molecule has 0 aliphatic carbocycles. The predicted octanol–water partition coefficient (Wildman–Crippen LogP) is 1.83. The molecule has 18 heavy (non-hydrogen) atoms. The Morgan fingerprint density at radius 3 is 2.61 bits per heavy atom. The van der Waals surface area contributed by atoms with E-state index in [1.807, 2.05) is 30.0 Å². The molecule has 0 saturated carbocycles. The van der Waals surface area contributed by atoms with Crippen LogP contribution in [-0.2, 0) is 11.2 Å². The minimum absolute atomic E-state index is 0.0631. The zero-order chi connectivity index (χ0) is 12.8. The number of nitrogens with zero attached hydrogens (tertiary/aromatic N) is 1. The summed E-state index contributed by atoms with van der Waals surface area (Å²) >= 11 is 0. The Bertz CT molecular complexity index is 371. The molecule has 1 aromatic rings. The molecule has 0 radical (unpaired) electrons. The summed E-state index contributed by atoms with van der Waals surface area (Å²) in [7, 11) is 0. The molecule has 1 aliphatic heterocycles. The van der Waals surface area contributed by atoms with Gasteiger partial charge in [0.25, 0.3) is 0 Å². The average molecular weight is 246 g/mol. The van der Waals surface area contributed by atoms with Crippen molar-refractivity contribution >= 4 is 5.91 Å². The van der Waals surface area contributed by atoms with Gasteiger partial charge in [-0.2, -0.15) is 0 Å². The average Bonchev–Trinajstić information content (AvgIpc) is 2.93. The van der Waals surface area contributed by atoms with Crippen molar-refractivity contribution < 1.29 is 4.79 Å². The molecule has 1 atom stereocenters. The summed E-state index contributed by atoms with van der Waals surface area (Å²) in [4.78, 5) is 14.0. The maximum absolute atomic E-state index is 12.1. The maximum Gasteiger partial charge on any atom is 0.239 e. The topological polar surface area (TPSA) is 32.3 Å². The van der Waals surface area contributed by atoms with Gasteiger partial charge in [0.2, 0.25) is 5.91 Å². The lowest BCUT2D eigenvalue weighted by atomic mass is 10.1. The molecule has 3 heteroatoms. The summed E-state index contributed by atoms with van der Waals surface area (Å²) in [5, 5.41) is 3.32. The van der Waals surface area contributed by atoms with Gasteiger partial charge in [0, 0.05) is 13.1 Å². The highest BCUT2D eigenvalue weighted by Gasteiger charge is 2.22. The van der Waals surface area contributed by atoms with Crippen LogP contribution in [-0.4, -0.2) is 36.5 Å². The van der Waals surface area contributed by atoms with Crippen molar-refractivity contribution in [2.45, 2.75) is 32.2 Å². The van der Waals surface area contributed by atoms with Crippen LogP contribution in [0.5, 0.6) is 0 Å². The highest BCUT2D eigenvalue weighted by atomic mass is 16.2. The van der Waals surface area contributed by atoms with Gasteiger partial charge in [0.1, 0.15) is 0 Å². The number of nitrogens with one attached hydrogen (secondary N) is 1. The third kappa shape index (κ3) is 3.57. The van der Waals surface area contributed by atoms with Crippen molar-refractivity contribution in [1.82, 2.24) is 10.2 Å². The molecule has 98 valence electrons. The van der Waals surface area contributed by atoms with E-state index in [4.69, 9.17) is 0 Å². The smallest absolute Gasteiger partial charge is 0.239 e. The van der Waals surface area contributed by atoms with E-state index in [-0.39, 0.29) is 11.9 Å². The molecule has 1 aromatic carbocycles. The number of hydrogen-bond acceptors (Lipinski definition) is 2. The second-order valence-electron chi connectivity index (χ2n) is 4.94. The van der Waals surface area contributed by atoms with E-state index in [0.717, 1.165) is 38.9 Å². The predicted molar refractivity (Wildman–Crippen MR) is 73.4 cm³/mol. The highest BCUT2D eigenvalue weighted by Crippen LogP contribution is 2.09. The number of carbonyl (C=O) groups excluding carboxylic acids is 1. The van der Waals surface area contributed by atoms with Gasteiger partial charge in [0.05, 0.1) is 6.04 Å². The molecule has 1 unspecified atom stereocenters. The van der Waals surface area contributed by atoms with Crippen LogP contribution >= 0.6 is 0 Å². The molecular formula is C15H22N2O. The summed E-state index contributed by atoms with van der Waals surface area (Å²) in [6.45, 7) is 4.68. The van der Waals surface area contributed by atoms with Crippen LogP contribution in [0.25, 0.3) is 0 Å². The number of amides is 1. The molecule has 1 aliphatic rings. The fourth-order valence-corrected chi connectivity index (χ4v) is 2.38. The zero-order valence-electron chi connectivity index (χ0n) is 11.1. The van der Waals surface area contributed by atoms with Crippen LogP contribution in [0, 0.1) is 0 Å². The lowest BCUT2D eigenvalue weighted by Gasteiger charge is -2.21. The third-order valence-corrected chi connectivity index (χ3v) is 3.50. The Hall–Kier alpha value is -1.35. The molecule has 1 amide bonds.